The van der Waals surface area contributed by atoms with E-state index in [9.17, 15) is 4.79 Å². The van der Waals surface area contributed by atoms with E-state index in [-0.39, 0.29) is 0 Å². The first kappa shape index (κ1) is 8.00. The van der Waals surface area contributed by atoms with Crippen LogP contribution >= 0.6 is 11.5 Å². The largest absolute Gasteiger partial charge is 0.480 e. The van der Waals surface area contributed by atoms with Gasteiger partial charge in [-0.2, -0.15) is 4.37 Å². The minimum absolute atomic E-state index is 0.586. The Morgan fingerprint density at radius 2 is 2.64 bits per heavy atom. The molecule has 0 saturated heterocycles. The molecule has 1 unspecified atom stereocenters. The maximum absolute atomic E-state index is 10.3. The zero-order chi connectivity index (χ0) is 8.27. The fourth-order valence-corrected chi connectivity index (χ4v) is 1.05. The summed E-state index contributed by atoms with van der Waals surface area (Å²) >= 11 is 1.29. The average Bonchev–Trinajstić information content (AvgIpc) is 2.39. The summed E-state index contributed by atoms with van der Waals surface area (Å²) in [6.07, 6.45) is 0. The van der Waals surface area contributed by atoms with Crippen LogP contribution in [0.5, 0.6) is 0 Å². The normalized spacial score (nSPS) is 12.5. The van der Waals surface area contributed by atoms with Crippen molar-refractivity contribution in [2.45, 2.75) is 13.0 Å². The van der Waals surface area contributed by atoms with Gasteiger partial charge in [0.05, 0.1) is 0 Å². The maximum Gasteiger partial charge on any atom is 0.325 e. The molecular weight excluding hydrogens is 164 g/mol. The van der Waals surface area contributed by atoms with Crippen molar-refractivity contribution in [2.75, 3.05) is 5.32 Å². The molecule has 0 aliphatic heterocycles. The van der Waals surface area contributed by atoms with Gasteiger partial charge >= 0.3 is 5.97 Å². The molecule has 0 saturated carbocycles. The highest BCUT2D eigenvalue weighted by Crippen LogP contribution is 2.06. The molecule has 60 valence electrons. The number of carboxylic acids is 1. The second-order valence-electron chi connectivity index (χ2n) is 2.09. The molecule has 11 heavy (non-hydrogen) atoms. The van der Waals surface area contributed by atoms with Crippen LogP contribution in [0.1, 0.15) is 6.92 Å². The average molecular weight is 172 g/mol. The summed E-state index contributed by atoms with van der Waals surface area (Å²) in [6, 6.07) is 1.15. The van der Waals surface area contributed by atoms with Gasteiger partial charge in [-0.05, 0) is 24.5 Å². The number of anilines is 1. The number of nitrogens with one attached hydrogen (secondary N) is 1. The zero-order valence-corrected chi connectivity index (χ0v) is 6.76. The molecule has 0 fully saturated rings. The number of hydrogen-bond acceptors (Lipinski definition) is 4. The second-order valence-corrected chi connectivity index (χ2v) is 2.75. The van der Waals surface area contributed by atoms with E-state index >= 15 is 0 Å². The lowest BCUT2D eigenvalue weighted by molar-refractivity contribution is -0.137. The van der Waals surface area contributed by atoms with Crippen molar-refractivity contribution in [3.63, 3.8) is 0 Å². The van der Waals surface area contributed by atoms with Crippen LogP contribution in [0.2, 0.25) is 0 Å². The Kier molecular flexibility index (Phi) is 2.43. The summed E-state index contributed by atoms with van der Waals surface area (Å²) in [4.78, 5) is 10.3. The van der Waals surface area contributed by atoms with Crippen LogP contribution in [0.15, 0.2) is 11.4 Å². The summed E-state index contributed by atoms with van der Waals surface area (Å²) < 4.78 is 3.91. The lowest BCUT2D eigenvalue weighted by Crippen LogP contribution is -2.25. The van der Waals surface area contributed by atoms with Gasteiger partial charge in [0.15, 0.2) is 0 Å². The molecule has 0 bridgehead atoms. The number of aromatic nitrogens is 1. The molecule has 1 aromatic rings. The molecule has 0 radical (unpaired) electrons. The third-order valence-electron chi connectivity index (χ3n) is 1.17. The third kappa shape index (κ3) is 2.19. The predicted octanol–water partition coefficient (Wildman–Crippen LogP) is 1.03. The summed E-state index contributed by atoms with van der Waals surface area (Å²) in [5.41, 5.74) is 0. The molecule has 1 heterocycles. The van der Waals surface area contributed by atoms with E-state index in [0.717, 1.165) is 0 Å². The Morgan fingerprint density at radius 3 is 3.09 bits per heavy atom. The van der Waals surface area contributed by atoms with E-state index in [4.69, 9.17) is 5.11 Å². The third-order valence-corrected chi connectivity index (χ3v) is 1.73. The SMILES string of the molecule is CC(Nc1ccsn1)C(=O)O. The number of carboxylic acid groups (broad SMARTS) is 1. The van der Waals surface area contributed by atoms with Gasteiger partial charge < -0.3 is 10.4 Å². The molecule has 1 aromatic heterocycles. The van der Waals surface area contributed by atoms with Crippen molar-refractivity contribution < 1.29 is 9.90 Å². The molecule has 2 N–H and O–H groups in total. The van der Waals surface area contributed by atoms with Gasteiger partial charge in [-0.25, -0.2) is 0 Å². The molecule has 0 amide bonds. The lowest BCUT2D eigenvalue weighted by atomic mass is 10.3. The number of hydrogen-bond donors (Lipinski definition) is 2. The number of carbonyl (C=O) groups is 1. The summed E-state index contributed by atoms with van der Waals surface area (Å²) in [5, 5.41) is 13.0. The van der Waals surface area contributed by atoms with Gasteiger partial charge in [0.2, 0.25) is 0 Å². The Labute approximate surface area is 68.0 Å². The molecule has 0 aromatic carbocycles. The standard InChI is InChI=1S/C6H8N2O2S/c1-4(6(9)10)7-5-2-3-11-8-5/h2-4H,1H3,(H,7,8)(H,9,10). The Balaban J connectivity index is 2.50. The van der Waals surface area contributed by atoms with E-state index in [1.807, 2.05) is 0 Å². The number of nitrogens with zero attached hydrogens (tertiary/aromatic N) is 1. The van der Waals surface area contributed by atoms with Crippen LogP contribution in [0.3, 0.4) is 0 Å². The molecule has 4 nitrogen and oxygen atoms in total. The zero-order valence-electron chi connectivity index (χ0n) is 5.94. The quantitative estimate of drug-likeness (QED) is 0.714. The lowest BCUT2D eigenvalue weighted by Gasteiger charge is -2.05. The molecule has 0 aliphatic rings. The van der Waals surface area contributed by atoms with Crippen LogP contribution in [0.4, 0.5) is 5.82 Å². The van der Waals surface area contributed by atoms with Crippen molar-refractivity contribution in [3.05, 3.63) is 11.4 Å². The molecular formula is C6H8N2O2S. The fraction of sp³-hybridized carbons (Fsp3) is 0.333. The molecule has 0 aliphatic carbocycles. The van der Waals surface area contributed by atoms with Crippen LogP contribution in [0, 0.1) is 0 Å². The Morgan fingerprint density at radius 1 is 1.91 bits per heavy atom. The van der Waals surface area contributed by atoms with Crippen LogP contribution in [-0.2, 0) is 4.79 Å². The predicted molar refractivity (Wildman–Crippen MR) is 42.8 cm³/mol. The van der Waals surface area contributed by atoms with Crippen molar-refractivity contribution in [1.82, 2.24) is 4.37 Å². The van der Waals surface area contributed by atoms with Crippen molar-refractivity contribution in [2.24, 2.45) is 0 Å². The van der Waals surface area contributed by atoms with Gasteiger partial charge in [-0.1, -0.05) is 0 Å². The van der Waals surface area contributed by atoms with E-state index in [2.05, 4.69) is 9.69 Å². The molecule has 5 heteroatoms. The molecule has 1 rings (SSSR count). The number of aliphatic carboxylic acids is 1. The van der Waals surface area contributed by atoms with Gasteiger partial charge in [0.1, 0.15) is 11.9 Å². The van der Waals surface area contributed by atoms with Crippen LogP contribution in [-0.4, -0.2) is 21.5 Å². The smallest absolute Gasteiger partial charge is 0.325 e. The van der Waals surface area contributed by atoms with E-state index in [0.29, 0.717) is 5.82 Å². The second kappa shape index (κ2) is 3.34. The van der Waals surface area contributed by atoms with Crippen molar-refractivity contribution >= 4 is 23.3 Å². The fourth-order valence-electron chi connectivity index (χ4n) is 0.571. The monoisotopic (exact) mass is 172 g/mol. The Hall–Kier alpha value is -1.10. The highest BCUT2D eigenvalue weighted by molar-refractivity contribution is 7.03. The highest BCUT2D eigenvalue weighted by Gasteiger charge is 2.09. The minimum atomic E-state index is -0.877. The van der Waals surface area contributed by atoms with E-state index < -0.39 is 12.0 Å². The van der Waals surface area contributed by atoms with Gasteiger partial charge in [0.25, 0.3) is 0 Å². The maximum atomic E-state index is 10.3. The first-order valence-corrected chi connectivity index (χ1v) is 3.93. The molecule has 1 atom stereocenters. The van der Waals surface area contributed by atoms with Crippen molar-refractivity contribution in [3.8, 4) is 0 Å². The highest BCUT2D eigenvalue weighted by atomic mass is 32.1. The topological polar surface area (TPSA) is 62.2 Å². The van der Waals surface area contributed by atoms with Crippen molar-refractivity contribution in [1.29, 1.82) is 0 Å². The summed E-state index contributed by atoms with van der Waals surface area (Å²) in [7, 11) is 0. The molecule has 0 spiro atoms. The van der Waals surface area contributed by atoms with Crippen LogP contribution < -0.4 is 5.32 Å². The first-order chi connectivity index (χ1) is 5.20. The van der Waals surface area contributed by atoms with E-state index in [1.54, 1.807) is 18.4 Å². The summed E-state index contributed by atoms with van der Waals surface area (Å²) in [5.74, 6) is -0.261. The Bertz CT molecular complexity index is 235. The van der Waals surface area contributed by atoms with E-state index in [1.165, 1.54) is 11.5 Å². The van der Waals surface area contributed by atoms with Gasteiger partial charge in [-0.3, -0.25) is 4.79 Å². The van der Waals surface area contributed by atoms with Crippen LogP contribution in [0.25, 0.3) is 0 Å². The number of rotatable bonds is 3. The first-order valence-electron chi connectivity index (χ1n) is 3.10. The van der Waals surface area contributed by atoms with Gasteiger partial charge in [0, 0.05) is 5.38 Å². The summed E-state index contributed by atoms with van der Waals surface area (Å²) in [6.45, 7) is 1.57. The minimum Gasteiger partial charge on any atom is -0.480 e. The van der Waals surface area contributed by atoms with Gasteiger partial charge in [-0.15, -0.1) is 0 Å².